The van der Waals surface area contributed by atoms with E-state index in [9.17, 15) is 0 Å². The van der Waals surface area contributed by atoms with Crippen molar-refractivity contribution in [1.29, 1.82) is 0 Å². The molecule has 0 atom stereocenters. The van der Waals surface area contributed by atoms with Crippen LogP contribution in [0, 0.1) is 11.8 Å². The first-order chi connectivity index (χ1) is 14.1. The van der Waals surface area contributed by atoms with Gasteiger partial charge in [0.25, 0.3) is 0 Å². The maximum atomic E-state index is 4.67. The lowest BCUT2D eigenvalue weighted by atomic mass is 9.81. The molecule has 4 aromatic rings. The van der Waals surface area contributed by atoms with Crippen molar-refractivity contribution in [2.24, 2.45) is 0 Å². The summed E-state index contributed by atoms with van der Waals surface area (Å²) in [5.41, 5.74) is 6.86. The number of nitrogens with one attached hydrogen (secondary N) is 1. The number of H-pyrrole nitrogens is 1. The van der Waals surface area contributed by atoms with Crippen molar-refractivity contribution in [3.8, 4) is 23.2 Å². The average molecular weight is 395 g/mol. The van der Waals surface area contributed by atoms with Crippen LogP contribution in [-0.2, 0) is 5.41 Å². The molecule has 5 rings (SSSR count). The van der Waals surface area contributed by atoms with E-state index >= 15 is 0 Å². The molecule has 2 heterocycles. The Labute approximate surface area is 175 Å². The van der Waals surface area contributed by atoms with Crippen LogP contribution in [0.5, 0.6) is 0 Å². The standard InChI is InChI=1S/C26H22N2S/c1-26(2)15-16-29-24-14-11-19(17-21(24)26)8-7-18-9-12-20(13-10-18)25-27-22-5-3-4-6-23(22)28-25/h3-6,9-14,17H,15-16H2,1-2H3,(H,27,28). The maximum absolute atomic E-state index is 4.67. The SMILES string of the molecule is CC1(C)CCSc2ccc(C#Cc3ccc(-c4nc5ccccc5[nH]4)cc3)cc21. The molecule has 0 spiro atoms. The third kappa shape index (κ3) is 3.57. The van der Waals surface area contributed by atoms with Gasteiger partial charge in [-0.05, 0) is 65.6 Å². The minimum Gasteiger partial charge on any atom is -0.338 e. The molecular weight excluding hydrogens is 372 g/mol. The molecule has 0 fully saturated rings. The van der Waals surface area contributed by atoms with E-state index in [0.717, 1.165) is 33.5 Å². The van der Waals surface area contributed by atoms with Crippen LogP contribution >= 0.6 is 11.8 Å². The first kappa shape index (κ1) is 18.1. The van der Waals surface area contributed by atoms with E-state index in [0.29, 0.717) is 0 Å². The fourth-order valence-electron chi connectivity index (χ4n) is 3.76. The maximum Gasteiger partial charge on any atom is 0.138 e. The van der Waals surface area contributed by atoms with E-state index in [1.54, 1.807) is 0 Å². The third-order valence-corrected chi connectivity index (χ3v) is 6.67. The van der Waals surface area contributed by atoms with Gasteiger partial charge in [0, 0.05) is 21.6 Å². The van der Waals surface area contributed by atoms with Gasteiger partial charge in [-0.1, -0.05) is 50.0 Å². The average Bonchev–Trinajstić information content (AvgIpc) is 3.17. The van der Waals surface area contributed by atoms with Crippen LogP contribution in [0.1, 0.15) is 37.0 Å². The summed E-state index contributed by atoms with van der Waals surface area (Å²) in [6, 6.07) is 23.0. The molecule has 2 nitrogen and oxygen atoms in total. The second-order valence-electron chi connectivity index (χ2n) is 8.12. The Morgan fingerprint density at radius 2 is 1.69 bits per heavy atom. The molecule has 0 unspecified atom stereocenters. The summed E-state index contributed by atoms with van der Waals surface area (Å²) in [6.07, 6.45) is 1.21. The van der Waals surface area contributed by atoms with Gasteiger partial charge in [0.15, 0.2) is 0 Å². The molecule has 3 aromatic carbocycles. The lowest BCUT2D eigenvalue weighted by molar-refractivity contribution is 0.494. The van der Waals surface area contributed by atoms with Crippen LogP contribution in [0.4, 0.5) is 0 Å². The molecule has 1 N–H and O–H groups in total. The molecule has 0 saturated heterocycles. The summed E-state index contributed by atoms with van der Waals surface area (Å²) in [6.45, 7) is 4.67. The fraction of sp³-hybridized carbons (Fsp3) is 0.192. The first-order valence-corrected chi connectivity index (χ1v) is 10.9. The summed E-state index contributed by atoms with van der Waals surface area (Å²) >= 11 is 1.96. The van der Waals surface area contributed by atoms with Crippen molar-refractivity contribution < 1.29 is 0 Å². The highest BCUT2D eigenvalue weighted by Gasteiger charge is 2.27. The smallest absolute Gasteiger partial charge is 0.138 e. The molecule has 1 aromatic heterocycles. The van der Waals surface area contributed by atoms with Gasteiger partial charge in [-0.25, -0.2) is 4.98 Å². The zero-order valence-corrected chi connectivity index (χ0v) is 17.4. The first-order valence-electron chi connectivity index (χ1n) is 9.93. The van der Waals surface area contributed by atoms with Crippen LogP contribution in [0.15, 0.2) is 71.6 Å². The molecule has 0 saturated carbocycles. The van der Waals surface area contributed by atoms with E-state index in [-0.39, 0.29) is 5.41 Å². The Hall–Kier alpha value is -2.96. The lowest BCUT2D eigenvalue weighted by Gasteiger charge is -2.32. The Kier molecular flexibility index (Phi) is 4.45. The van der Waals surface area contributed by atoms with E-state index in [1.807, 2.05) is 36.0 Å². The second kappa shape index (κ2) is 7.13. The van der Waals surface area contributed by atoms with Crippen LogP contribution in [0.25, 0.3) is 22.4 Å². The molecular formula is C26H22N2S. The number of nitrogens with zero attached hydrogens (tertiary/aromatic N) is 1. The lowest BCUT2D eigenvalue weighted by Crippen LogP contribution is -2.22. The number of aromatic amines is 1. The molecule has 29 heavy (non-hydrogen) atoms. The Balaban J connectivity index is 1.40. The minimum absolute atomic E-state index is 0.229. The molecule has 142 valence electrons. The van der Waals surface area contributed by atoms with Gasteiger partial charge < -0.3 is 4.98 Å². The monoisotopic (exact) mass is 394 g/mol. The summed E-state index contributed by atoms with van der Waals surface area (Å²) in [5.74, 6) is 8.75. The van der Waals surface area contributed by atoms with E-state index in [2.05, 4.69) is 78.1 Å². The van der Waals surface area contributed by atoms with Gasteiger partial charge in [0.05, 0.1) is 11.0 Å². The topological polar surface area (TPSA) is 28.7 Å². The summed E-state index contributed by atoms with van der Waals surface area (Å²) in [5, 5.41) is 0. The van der Waals surface area contributed by atoms with Gasteiger partial charge >= 0.3 is 0 Å². The van der Waals surface area contributed by atoms with Gasteiger partial charge in [0.2, 0.25) is 0 Å². The molecule has 0 amide bonds. The van der Waals surface area contributed by atoms with E-state index in [4.69, 9.17) is 0 Å². The summed E-state index contributed by atoms with van der Waals surface area (Å²) < 4.78 is 0. The van der Waals surface area contributed by atoms with Gasteiger partial charge in [-0.2, -0.15) is 0 Å². The highest BCUT2D eigenvalue weighted by molar-refractivity contribution is 7.99. The minimum atomic E-state index is 0.229. The number of rotatable bonds is 1. The van der Waals surface area contributed by atoms with Crippen LogP contribution in [0.2, 0.25) is 0 Å². The van der Waals surface area contributed by atoms with Crippen LogP contribution in [0.3, 0.4) is 0 Å². The number of aromatic nitrogens is 2. The Morgan fingerprint density at radius 3 is 2.52 bits per heavy atom. The van der Waals surface area contributed by atoms with Crippen LogP contribution in [-0.4, -0.2) is 15.7 Å². The largest absolute Gasteiger partial charge is 0.338 e. The predicted molar refractivity (Wildman–Crippen MR) is 122 cm³/mol. The molecule has 3 heteroatoms. The normalized spacial score (nSPS) is 14.8. The summed E-state index contributed by atoms with van der Waals surface area (Å²) in [7, 11) is 0. The fourth-order valence-corrected chi connectivity index (χ4v) is 5.25. The zero-order valence-electron chi connectivity index (χ0n) is 16.6. The van der Waals surface area contributed by atoms with Gasteiger partial charge in [-0.15, -0.1) is 11.8 Å². The van der Waals surface area contributed by atoms with Crippen molar-refractivity contribution >= 4 is 22.8 Å². The number of fused-ring (bicyclic) bond motifs is 2. The van der Waals surface area contributed by atoms with Crippen molar-refractivity contribution in [3.05, 3.63) is 83.4 Å². The van der Waals surface area contributed by atoms with Gasteiger partial charge in [-0.3, -0.25) is 0 Å². The quantitative estimate of drug-likeness (QED) is 0.378. The zero-order chi connectivity index (χ0) is 19.8. The van der Waals surface area contributed by atoms with Crippen molar-refractivity contribution in [2.45, 2.75) is 30.6 Å². The van der Waals surface area contributed by atoms with E-state index in [1.165, 1.54) is 22.6 Å². The number of benzene rings is 3. The number of thioether (sulfide) groups is 1. The number of hydrogen-bond donors (Lipinski definition) is 1. The molecule has 0 aliphatic carbocycles. The van der Waals surface area contributed by atoms with Crippen molar-refractivity contribution in [1.82, 2.24) is 9.97 Å². The van der Waals surface area contributed by atoms with Crippen LogP contribution < -0.4 is 0 Å². The predicted octanol–water partition coefficient (Wildman–Crippen LogP) is 6.40. The number of para-hydroxylation sites is 2. The third-order valence-electron chi connectivity index (χ3n) is 5.59. The summed E-state index contributed by atoms with van der Waals surface area (Å²) in [4.78, 5) is 9.45. The van der Waals surface area contributed by atoms with Crippen molar-refractivity contribution in [3.63, 3.8) is 0 Å². The Morgan fingerprint density at radius 1 is 0.931 bits per heavy atom. The van der Waals surface area contributed by atoms with Gasteiger partial charge in [0.1, 0.15) is 5.82 Å². The molecule has 0 radical (unpaired) electrons. The molecule has 1 aliphatic heterocycles. The highest BCUT2D eigenvalue weighted by Crippen LogP contribution is 2.41. The number of hydrogen-bond acceptors (Lipinski definition) is 2. The highest BCUT2D eigenvalue weighted by atomic mass is 32.2. The van der Waals surface area contributed by atoms with Crippen molar-refractivity contribution in [2.75, 3.05) is 5.75 Å². The van der Waals surface area contributed by atoms with E-state index < -0.39 is 0 Å². The molecule has 0 bridgehead atoms. The number of imidazole rings is 1. The molecule has 1 aliphatic rings. The second-order valence-corrected chi connectivity index (χ2v) is 9.26. The Bertz CT molecular complexity index is 1220.